The Bertz CT molecular complexity index is 550. The lowest BCUT2D eigenvalue weighted by atomic mass is 9.87. The number of aliphatic hydroxyl groups is 1. The number of aromatic nitrogens is 1. The first kappa shape index (κ1) is 14.7. The zero-order valence-electron chi connectivity index (χ0n) is 11.9. The fraction of sp³-hybridized carbons (Fsp3) is 0.353. The highest BCUT2D eigenvalue weighted by Gasteiger charge is 2.30. The maximum atomic E-state index is 13.0. The minimum absolute atomic E-state index is 0.398. The summed E-state index contributed by atoms with van der Waals surface area (Å²) in [7, 11) is 0. The van der Waals surface area contributed by atoms with Crippen molar-refractivity contribution < 1.29 is 9.50 Å². The van der Waals surface area contributed by atoms with E-state index >= 15 is 0 Å². The topological polar surface area (TPSA) is 33.1 Å². The predicted molar refractivity (Wildman–Crippen MR) is 77.9 cm³/mol. The second-order valence-corrected chi connectivity index (χ2v) is 5.02. The molecule has 2 nitrogen and oxygen atoms in total. The quantitative estimate of drug-likeness (QED) is 0.898. The third-order valence-electron chi connectivity index (χ3n) is 3.63. The van der Waals surface area contributed by atoms with Crippen LogP contribution in [0.5, 0.6) is 0 Å². The average molecular weight is 273 g/mol. The molecular weight excluding hydrogens is 253 g/mol. The van der Waals surface area contributed by atoms with Crippen LogP contribution in [-0.4, -0.2) is 10.1 Å². The summed E-state index contributed by atoms with van der Waals surface area (Å²) in [5, 5.41) is 10.9. The summed E-state index contributed by atoms with van der Waals surface area (Å²) >= 11 is 0. The first-order chi connectivity index (χ1) is 9.60. The number of pyridine rings is 1. The van der Waals surface area contributed by atoms with Crippen molar-refractivity contribution in [2.24, 2.45) is 0 Å². The van der Waals surface area contributed by atoms with Crippen LogP contribution < -0.4 is 0 Å². The second kappa shape index (κ2) is 6.14. The molecule has 0 amide bonds. The molecule has 1 atom stereocenters. The van der Waals surface area contributed by atoms with E-state index in [1.165, 1.54) is 11.6 Å². The van der Waals surface area contributed by atoms with E-state index in [1.54, 1.807) is 6.07 Å². The number of nitrogens with zero attached hydrogens (tertiary/aromatic N) is 1. The van der Waals surface area contributed by atoms with Gasteiger partial charge in [0.1, 0.15) is 11.4 Å². The molecule has 0 saturated heterocycles. The number of hydrogen-bond acceptors (Lipinski definition) is 2. The van der Waals surface area contributed by atoms with Gasteiger partial charge in [-0.15, -0.1) is 0 Å². The average Bonchev–Trinajstić information content (AvgIpc) is 2.48. The number of rotatable bonds is 5. The molecule has 0 bridgehead atoms. The van der Waals surface area contributed by atoms with Crippen LogP contribution in [-0.2, 0) is 12.0 Å². The third kappa shape index (κ3) is 2.88. The van der Waals surface area contributed by atoms with Crippen LogP contribution in [0.15, 0.2) is 42.6 Å². The Morgan fingerprint density at radius 2 is 1.80 bits per heavy atom. The van der Waals surface area contributed by atoms with Gasteiger partial charge in [0.15, 0.2) is 0 Å². The van der Waals surface area contributed by atoms with Gasteiger partial charge in [-0.1, -0.05) is 44.5 Å². The van der Waals surface area contributed by atoms with Crippen molar-refractivity contribution in [3.8, 4) is 0 Å². The molecule has 2 aromatic rings. The number of halogens is 1. The highest BCUT2D eigenvalue weighted by atomic mass is 19.1. The lowest BCUT2D eigenvalue weighted by molar-refractivity contribution is 0.0717. The zero-order chi connectivity index (χ0) is 14.6. The first-order valence-electron chi connectivity index (χ1n) is 7.04. The van der Waals surface area contributed by atoms with Gasteiger partial charge in [0, 0.05) is 0 Å². The van der Waals surface area contributed by atoms with Crippen molar-refractivity contribution in [2.75, 3.05) is 0 Å². The molecule has 1 aromatic heterocycles. The van der Waals surface area contributed by atoms with Crippen LogP contribution in [0, 0.1) is 5.82 Å². The highest BCUT2D eigenvalue weighted by molar-refractivity contribution is 5.34. The molecule has 0 spiro atoms. The van der Waals surface area contributed by atoms with Crippen LogP contribution >= 0.6 is 0 Å². The van der Waals surface area contributed by atoms with Gasteiger partial charge in [-0.3, -0.25) is 4.98 Å². The van der Waals surface area contributed by atoms with Crippen LogP contribution in [0.2, 0.25) is 0 Å². The van der Waals surface area contributed by atoms with Crippen molar-refractivity contribution >= 4 is 0 Å². The standard InChI is InChI=1S/C17H20FNO/c1-3-5-13-6-8-14(9-7-13)17(20,4-2)16-11-10-15(18)12-19-16/h6-12,20H,3-5H2,1-2H3. The van der Waals surface area contributed by atoms with Gasteiger partial charge >= 0.3 is 0 Å². The molecule has 1 unspecified atom stereocenters. The normalized spacial score (nSPS) is 14.0. The molecule has 0 saturated carbocycles. The van der Waals surface area contributed by atoms with E-state index in [0.717, 1.165) is 24.6 Å². The summed E-state index contributed by atoms with van der Waals surface area (Å²) in [6.07, 6.45) is 3.75. The third-order valence-corrected chi connectivity index (χ3v) is 3.63. The van der Waals surface area contributed by atoms with E-state index in [0.29, 0.717) is 12.1 Å². The Labute approximate surface area is 119 Å². The van der Waals surface area contributed by atoms with Crippen LogP contribution in [0.1, 0.15) is 43.5 Å². The van der Waals surface area contributed by atoms with E-state index in [2.05, 4.69) is 11.9 Å². The number of aryl methyl sites for hydroxylation is 1. The van der Waals surface area contributed by atoms with Crippen molar-refractivity contribution in [2.45, 2.75) is 38.7 Å². The largest absolute Gasteiger partial charge is 0.379 e. The SMILES string of the molecule is CCCc1ccc(C(O)(CC)c2ccc(F)cn2)cc1. The molecule has 0 aliphatic heterocycles. The summed E-state index contributed by atoms with van der Waals surface area (Å²) in [6, 6.07) is 10.8. The molecule has 3 heteroatoms. The van der Waals surface area contributed by atoms with Gasteiger partial charge in [0.2, 0.25) is 0 Å². The van der Waals surface area contributed by atoms with Crippen molar-refractivity contribution in [3.05, 3.63) is 65.2 Å². The first-order valence-corrected chi connectivity index (χ1v) is 7.04. The van der Waals surface area contributed by atoms with Gasteiger partial charge in [-0.25, -0.2) is 4.39 Å². The van der Waals surface area contributed by atoms with Crippen LogP contribution in [0.4, 0.5) is 4.39 Å². The van der Waals surface area contributed by atoms with E-state index in [9.17, 15) is 9.50 Å². The minimum atomic E-state index is -1.17. The minimum Gasteiger partial charge on any atom is -0.379 e. The van der Waals surface area contributed by atoms with E-state index in [-0.39, 0.29) is 0 Å². The van der Waals surface area contributed by atoms with E-state index < -0.39 is 11.4 Å². The van der Waals surface area contributed by atoms with Gasteiger partial charge < -0.3 is 5.11 Å². The van der Waals surface area contributed by atoms with E-state index in [4.69, 9.17) is 0 Å². The highest BCUT2D eigenvalue weighted by Crippen LogP contribution is 2.31. The number of hydrogen-bond donors (Lipinski definition) is 1. The summed E-state index contributed by atoms with van der Waals surface area (Å²) in [5.74, 6) is -0.398. The Kier molecular flexibility index (Phi) is 4.50. The molecule has 0 aliphatic carbocycles. The summed E-state index contributed by atoms with van der Waals surface area (Å²) in [5.41, 5.74) is 1.35. The molecule has 0 aliphatic rings. The van der Waals surface area contributed by atoms with Gasteiger partial charge in [0.25, 0.3) is 0 Å². The molecule has 20 heavy (non-hydrogen) atoms. The fourth-order valence-corrected chi connectivity index (χ4v) is 2.39. The molecule has 1 heterocycles. The summed E-state index contributed by atoms with van der Waals surface area (Å²) < 4.78 is 13.0. The molecule has 0 fully saturated rings. The Morgan fingerprint density at radius 3 is 2.30 bits per heavy atom. The maximum absolute atomic E-state index is 13.0. The zero-order valence-corrected chi connectivity index (χ0v) is 11.9. The van der Waals surface area contributed by atoms with Gasteiger partial charge in [0.05, 0.1) is 11.9 Å². The second-order valence-electron chi connectivity index (χ2n) is 5.02. The van der Waals surface area contributed by atoms with Crippen molar-refractivity contribution in [1.82, 2.24) is 4.98 Å². The lowest BCUT2D eigenvalue weighted by Gasteiger charge is -2.27. The number of benzene rings is 1. The summed E-state index contributed by atoms with van der Waals surface area (Å²) in [4.78, 5) is 4.03. The van der Waals surface area contributed by atoms with Crippen molar-refractivity contribution in [3.63, 3.8) is 0 Å². The Morgan fingerprint density at radius 1 is 1.10 bits per heavy atom. The molecule has 0 radical (unpaired) electrons. The fourth-order valence-electron chi connectivity index (χ4n) is 2.39. The summed E-state index contributed by atoms with van der Waals surface area (Å²) in [6.45, 7) is 4.03. The van der Waals surface area contributed by atoms with Gasteiger partial charge in [-0.05, 0) is 36.1 Å². The van der Waals surface area contributed by atoms with Crippen LogP contribution in [0.3, 0.4) is 0 Å². The maximum Gasteiger partial charge on any atom is 0.141 e. The monoisotopic (exact) mass is 273 g/mol. The van der Waals surface area contributed by atoms with Crippen LogP contribution in [0.25, 0.3) is 0 Å². The van der Waals surface area contributed by atoms with Gasteiger partial charge in [-0.2, -0.15) is 0 Å². The molecule has 2 rings (SSSR count). The molecular formula is C17H20FNO. The molecule has 106 valence electrons. The Balaban J connectivity index is 2.36. The Hall–Kier alpha value is -1.74. The smallest absolute Gasteiger partial charge is 0.141 e. The molecule has 1 aromatic carbocycles. The molecule has 1 N–H and O–H groups in total. The van der Waals surface area contributed by atoms with Crippen molar-refractivity contribution in [1.29, 1.82) is 0 Å². The predicted octanol–water partition coefficient (Wildman–Crippen LogP) is 3.82. The lowest BCUT2D eigenvalue weighted by Crippen LogP contribution is -2.27. The van der Waals surface area contributed by atoms with E-state index in [1.807, 2.05) is 31.2 Å².